The van der Waals surface area contributed by atoms with Crippen LogP contribution in [0.15, 0.2) is 46.9 Å². The number of ether oxygens (including phenoxy) is 1. The molecule has 2 aromatic carbocycles. The summed E-state index contributed by atoms with van der Waals surface area (Å²) < 4.78 is 6.28. The Labute approximate surface area is 133 Å². The van der Waals surface area contributed by atoms with Crippen LogP contribution in [0.25, 0.3) is 0 Å². The lowest BCUT2D eigenvalue weighted by atomic mass is 10.1. The summed E-state index contributed by atoms with van der Waals surface area (Å²) in [5, 5.41) is 2.77. The van der Waals surface area contributed by atoms with E-state index >= 15 is 0 Å². The number of rotatable bonds is 4. The average molecular weight is 348 g/mol. The number of carbonyl (C=O) groups excluding carboxylic acids is 1. The van der Waals surface area contributed by atoms with Gasteiger partial charge in [0.25, 0.3) is 0 Å². The van der Waals surface area contributed by atoms with E-state index in [1.54, 1.807) is 0 Å². The van der Waals surface area contributed by atoms with Crippen LogP contribution in [-0.2, 0) is 17.9 Å². The maximum absolute atomic E-state index is 11.7. The number of amides is 1. The van der Waals surface area contributed by atoms with E-state index in [9.17, 15) is 4.79 Å². The topological polar surface area (TPSA) is 38.3 Å². The van der Waals surface area contributed by atoms with Crippen molar-refractivity contribution < 1.29 is 9.53 Å². The zero-order chi connectivity index (χ0) is 15.2. The molecule has 1 amide bonds. The Morgan fingerprint density at radius 2 is 1.71 bits per heavy atom. The van der Waals surface area contributed by atoms with Crippen molar-refractivity contribution in [3.63, 3.8) is 0 Å². The Hall–Kier alpha value is -1.81. The van der Waals surface area contributed by atoms with Crippen LogP contribution in [0.1, 0.15) is 22.3 Å². The first-order valence-electron chi connectivity index (χ1n) is 6.76. The fourth-order valence-corrected chi connectivity index (χ4v) is 2.31. The number of hydrogen-bond donors (Lipinski definition) is 1. The largest absolute Gasteiger partial charge is 0.445 e. The quantitative estimate of drug-likeness (QED) is 0.884. The minimum atomic E-state index is -0.405. The van der Waals surface area contributed by atoms with Crippen molar-refractivity contribution in [1.29, 1.82) is 0 Å². The molecule has 0 spiro atoms. The molecule has 0 unspecified atom stereocenters. The molecule has 0 aliphatic rings. The van der Waals surface area contributed by atoms with Gasteiger partial charge < -0.3 is 10.1 Å². The van der Waals surface area contributed by atoms with Crippen molar-refractivity contribution in [1.82, 2.24) is 5.32 Å². The van der Waals surface area contributed by atoms with Crippen LogP contribution in [0.3, 0.4) is 0 Å². The number of hydrogen-bond acceptors (Lipinski definition) is 2. The zero-order valence-electron chi connectivity index (χ0n) is 12.2. The van der Waals surface area contributed by atoms with Gasteiger partial charge in [-0.2, -0.15) is 0 Å². The second kappa shape index (κ2) is 7.27. The molecule has 0 bridgehead atoms. The van der Waals surface area contributed by atoms with Gasteiger partial charge in [0.15, 0.2) is 0 Å². The molecule has 0 saturated heterocycles. The van der Waals surface area contributed by atoms with E-state index in [4.69, 9.17) is 4.74 Å². The summed E-state index contributed by atoms with van der Waals surface area (Å²) in [6.07, 6.45) is -0.405. The van der Waals surface area contributed by atoms with Crippen LogP contribution in [0.5, 0.6) is 0 Å². The number of carbonyl (C=O) groups is 1. The van der Waals surface area contributed by atoms with Gasteiger partial charge in [0.2, 0.25) is 0 Å². The van der Waals surface area contributed by atoms with Gasteiger partial charge in [0.05, 0.1) is 0 Å². The standard InChI is InChI=1S/C17H18BrNO2/c1-12-8-15(9-13(2)16(12)18)10-19-17(20)21-11-14-6-4-3-5-7-14/h3-9H,10-11H2,1-2H3,(H,19,20). The lowest BCUT2D eigenvalue weighted by molar-refractivity contribution is 0.139. The maximum Gasteiger partial charge on any atom is 0.407 e. The Balaban J connectivity index is 1.84. The molecule has 3 nitrogen and oxygen atoms in total. The van der Waals surface area contributed by atoms with E-state index in [0.717, 1.165) is 26.7 Å². The highest BCUT2D eigenvalue weighted by atomic mass is 79.9. The van der Waals surface area contributed by atoms with Crippen LogP contribution in [0, 0.1) is 13.8 Å². The maximum atomic E-state index is 11.7. The van der Waals surface area contributed by atoms with Crippen LogP contribution in [0.4, 0.5) is 4.79 Å². The molecule has 1 N–H and O–H groups in total. The monoisotopic (exact) mass is 347 g/mol. The van der Waals surface area contributed by atoms with E-state index in [1.807, 2.05) is 44.2 Å². The summed E-state index contributed by atoms with van der Waals surface area (Å²) in [5.74, 6) is 0. The van der Waals surface area contributed by atoms with E-state index in [2.05, 4.69) is 33.4 Å². The number of aryl methyl sites for hydroxylation is 2. The first-order valence-corrected chi connectivity index (χ1v) is 7.55. The van der Waals surface area contributed by atoms with Crippen molar-refractivity contribution in [2.24, 2.45) is 0 Å². The summed E-state index contributed by atoms with van der Waals surface area (Å²) in [6.45, 7) is 4.82. The zero-order valence-corrected chi connectivity index (χ0v) is 13.7. The Morgan fingerprint density at radius 3 is 2.33 bits per heavy atom. The van der Waals surface area contributed by atoms with Gasteiger partial charge in [-0.25, -0.2) is 4.79 Å². The minimum Gasteiger partial charge on any atom is -0.445 e. The molecule has 2 rings (SSSR count). The lowest BCUT2D eigenvalue weighted by Crippen LogP contribution is -2.23. The summed E-state index contributed by atoms with van der Waals surface area (Å²) in [7, 11) is 0. The van der Waals surface area contributed by atoms with Crippen molar-refractivity contribution in [3.05, 3.63) is 69.2 Å². The molecule has 0 fully saturated rings. The van der Waals surface area contributed by atoms with E-state index in [0.29, 0.717) is 6.54 Å². The van der Waals surface area contributed by atoms with Gasteiger partial charge in [-0.15, -0.1) is 0 Å². The van der Waals surface area contributed by atoms with Crippen LogP contribution < -0.4 is 5.32 Å². The second-order valence-corrected chi connectivity index (χ2v) is 5.75. The molecule has 0 aliphatic carbocycles. The molecule has 2 aromatic rings. The number of alkyl carbamates (subject to hydrolysis) is 1. The van der Waals surface area contributed by atoms with Gasteiger partial charge in [-0.05, 0) is 36.1 Å². The first kappa shape index (κ1) is 15.6. The fourth-order valence-electron chi connectivity index (χ4n) is 2.09. The van der Waals surface area contributed by atoms with Gasteiger partial charge in [0, 0.05) is 11.0 Å². The van der Waals surface area contributed by atoms with E-state index in [-0.39, 0.29) is 6.61 Å². The third-order valence-corrected chi connectivity index (χ3v) is 4.40. The molecular weight excluding hydrogens is 330 g/mol. The SMILES string of the molecule is Cc1cc(CNC(=O)OCc2ccccc2)cc(C)c1Br. The van der Waals surface area contributed by atoms with Gasteiger partial charge in [0.1, 0.15) is 6.61 Å². The summed E-state index contributed by atoms with van der Waals surface area (Å²) in [4.78, 5) is 11.7. The molecule has 110 valence electrons. The van der Waals surface area contributed by atoms with E-state index in [1.165, 1.54) is 0 Å². The van der Waals surface area contributed by atoms with Crippen molar-refractivity contribution >= 4 is 22.0 Å². The van der Waals surface area contributed by atoms with Gasteiger partial charge in [-0.3, -0.25) is 0 Å². The first-order chi connectivity index (χ1) is 10.1. The Morgan fingerprint density at radius 1 is 1.10 bits per heavy atom. The van der Waals surface area contributed by atoms with Crippen molar-refractivity contribution in [2.75, 3.05) is 0 Å². The van der Waals surface area contributed by atoms with Gasteiger partial charge >= 0.3 is 6.09 Å². The van der Waals surface area contributed by atoms with Crippen molar-refractivity contribution in [3.8, 4) is 0 Å². The van der Waals surface area contributed by atoms with Crippen molar-refractivity contribution in [2.45, 2.75) is 27.0 Å². The predicted octanol–water partition coefficient (Wildman–Crippen LogP) is 4.49. The highest BCUT2D eigenvalue weighted by molar-refractivity contribution is 9.10. The molecule has 0 radical (unpaired) electrons. The highest BCUT2D eigenvalue weighted by Crippen LogP contribution is 2.22. The average Bonchev–Trinajstić information content (AvgIpc) is 2.49. The normalized spacial score (nSPS) is 10.2. The number of benzene rings is 2. The summed E-state index contributed by atoms with van der Waals surface area (Å²) >= 11 is 3.53. The van der Waals surface area contributed by atoms with Crippen LogP contribution in [-0.4, -0.2) is 6.09 Å². The number of nitrogens with one attached hydrogen (secondary N) is 1. The third-order valence-electron chi connectivity index (χ3n) is 3.15. The molecule has 0 aliphatic heterocycles. The second-order valence-electron chi connectivity index (χ2n) is 4.96. The number of halogens is 1. The smallest absolute Gasteiger partial charge is 0.407 e. The Kier molecular flexibility index (Phi) is 5.39. The Bertz CT molecular complexity index is 603. The van der Waals surface area contributed by atoms with E-state index < -0.39 is 6.09 Å². The third kappa shape index (κ3) is 4.60. The molecule has 0 atom stereocenters. The summed E-state index contributed by atoms with van der Waals surface area (Å²) in [6, 6.07) is 13.7. The van der Waals surface area contributed by atoms with Gasteiger partial charge in [-0.1, -0.05) is 58.4 Å². The summed E-state index contributed by atoms with van der Waals surface area (Å²) in [5.41, 5.74) is 4.35. The van der Waals surface area contributed by atoms with Crippen LogP contribution >= 0.6 is 15.9 Å². The minimum absolute atomic E-state index is 0.283. The fraction of sp³-hybridized carbons (Fsp3) is 0.235. The molecule has 21 heavy (non-hydrogen) atoms. The highest BCUT2D eigenvalue weighted by Gasteiger charge is 2.05. The molecule has 4 heteroatoms. The molecule has 0 saturated carbocycles. The molecular formula is C17H18BrNO2. The lowest BCUT2D eigenvalue weighted by Gasteiger charge is -2.10. The molecule has 0 heterocycles. The predicted molar refractivity (Wildman–Crippen MR) is 87.1 cm³/mol. The van der Waals surface area contributed by atoms with Crippen LogP contribution in [0.2, 0.25) is 0 Å². The molecule has 0 aromatic heterocycles.